The van der Waals surface area contributed by atoms with Gasteiger partial charge < -0.3 is 10.6 Å². The number of pyridine rings is 1. The van der Waals surface area contributed by atoms with Gasteiger partial charge in [-0.3, -0.25) is 0 Å². The van der Waals surface area contributed by atoms with E-state index in [0.717, 1.165) is 51.6 Å². The van der Waals surface area contributed by atoms with Gasteiger partial charge in [0.2, 0.25) is 0 Å². The molecule has 0 aliphatic carbocycles. The van der Waals surface area contributed by atoms with E-state index < -0.39 is 0 Å². The second-order valence-electron chi connectivity index (χ2n) is 7.61. The molecule has 0 amide bonds. The molecule has 0 unspecified atom stereocenters. The maximum Gasteiger partial charge on any atom is 0.126 e. The predicted octanol–water partition coefficient (Wildman–Crippen LogP) is 5.50. The van der Waals surface area contributed by atoms with Crippen LogP contribution in [0.4, 0.5) is 11.5 Å². The molecule has 2 N–H and O–H groups in total. The average molecular weight is 378 g/mol. The highest BCUT2D eigenvalue weighted by atomic mass is 15.1. The first-order chi connectivity index (χ1) is 14.3. The Hall–Kier alpha value is -3.58. The summed E-state index contributed by atoms with van der Waals surface area (Å²) in [5.41, 5.74) is 10.9. The largest absolute Gasteiger partial charge is 0.384 e. The van der Waals surface area contributed by atoms with Gasteiger partial charge in [-0.2, -0.15) is 5.26 Å². The lowest BCUT2D eigenvalue weighted by atomic mass is 9.89. The number of fused-ring (bicyclic) bond motifs is 3. The van der Waals surface area contributed by atoms with Gasteiger partial charge in [0.15, 0.2) is 0 Å². The monoisotopic (exact) mass is 378 g/mol. The van der Waals surface area contributed by atoms with Crippen molar-refractivity contribution in [3.63, 3.8) is 0 Å². The van der Waals surface area contributed by atoms with Gasteiger partial charge in [-0.05, 0) is 24.8 Å². The summed E-state index contributed by atoms with van der Waals surface area (Å²) in [4.78, 5) is 7.17. The topological polar surface area (TPSA) is 65.9 Å². The maximum atomic E-state index is 10.2. The highest BCUT2D eigenvalue weighted by Gasteiger charge is 2.23. The van der Waals surface area contributed by atoms with Crippen LogP contribution in [-0.2, 0) is 0 Å². The smallest absolute Gasteiger partial charge is 0.126 e. The molecule has 0 saturated carbocycles. The molecule has 29 heavy (non-hydrogen) atoms. The van der Waals surface area contributed by atoms with Crippen LogP contribution in [0.2, 0.25) is 0 Å². The van der Waals surface area contributed by atoms with Crippen molar-refractivity contribution in [2.75, 3.05) is 23.7 Å². The fourth-order valence-electron chi connectivity index (χ4n) is 4.55. The molecule has 2 heterocycles. The minimum absolute atomic E-state index is 0.520. The van der Waals surface area contributed by atoms with Crippen LogP contribution in [-0.4, -0.2) is 18.1 Å². The van der Waals surface area contributed by atoms with Gasteiger partial charge in [-0.15, -0.1) is 0 Å². The van der Waals surface area contributed by atoms with E-state index in [1.54, 1.807) is 0 Å². The first-order valence-corrected chi connectivity index (χ1v) is 10.1. The van der Waals surface area contributed by atoms with Crippen LogP contribution in [0.5, 0.6) is 0 Å². The van der Waals surface area contributed by atoms with Crippen LogP contribution in [0.3, 0.4) is 0 Å². The molecule has 0 atom stereocenters. The Kier molecular flexibility index (Phi) is 4.29. The molecule has 0 bridgehead atoms. The molecule has 1 aliphatic heterocycles. The predicted molar refractivity (Wildman–Crippen MR) is 120 cm³/mol. The standard InChI is InChI=1S/C25H22N4/c26-16-20-18-11-5-6-12-19(18)25-24(23(20)17-9-3-1-4-10-17)21(15-22(27)28-25)29-13-7-2-8-14-29/h1,3-6,9-12,15H,2,7-8,13-14H2,(H2,27,28). The Morgan fingerprint density at radius 1 is 0.897 bits per heavy atom. The first kappa shape index (κ1) is 17.5. The minimum Gasteiger partial charge on any atom is -0.384 e. The van der Waals surface area contributed by atoms with Gasteiger partial charge in [0.05, 0.1) is 16.8 Å². The maximum absolute atomic E-state index is 10.2. The average Bonchev–Trinajstić information content (AvgIpc) is 2.79. The number of anilines is 2. The van der Waals surface area contributed by atoms with Crippen molar-refractivity contribution in [1.29, 1.82) is 5.26 Å². The van der Waals surface area contributed by atoms with Crippen molar-refractivity contribution in [3.05, 3.63) is 66.2 Å². The van der Waals surface area contributed by atoms with Gasteiger partial charge in [0.1, 0.15) is 11.9 Å². The molecule has 3 aromatic carbocycles. The zero-order valence-electron chi connectivity index (χ0n) is 16.2. The number of nitriles is 1. The van der Waals surface area contributed by atoms with Crippen molar-refractivity contribution in [3.8, 4) is 17.2 Å². The normalized spacial score (nSPS) is 14.2. The lowest BCUT2D eigenvalue weighted by Gasteiger charge is -2.31. The minimum atomic E-state index is 0.520. The molecule has 1 aromatic heterocycles. The Balaban J connectivity index is 1.99. The first-order valence-electron chi connectivity index (χ1n) is 10.1. The third-order valence-electron chi connectivity index (χ3n) is 5.84. The number of aromatic nitrogens is 1. The van der Waals surface area contributed by atoms with Gasteiger partial charge >= 0.3 is 0 Å². The van der Waals surface area contributed by atoms with E-state index in [4.69, 9.17) is 10.7 Å². The molecule has 4 aromatic rings. The summed E-state index contributed by atoms with van der Waals surface area (Å²) in [6.07, 6.45) is 3.60. The molecule has 142 valence electrons. The Bertz CT molecular complexity index is 1250. The molecule has 0 spiro atoms. The Morgan fingerprint density at radius 3 is 2.31 bits per heavy atom. The fraction of sp³-hybridized carbons (Fsp3) is 0.200. The quantitative estimate of drug-likeness (QED) is 0.468. The van der Waals surface area contributed by atoms with Crippen LogP contribution < -0.4 is 10.6 Å². The molecule has 4 heteroatoms. The second-order valence-corrected chi connectivity index (χ2v) is 7.61. The Labute approximate surface area is 170 Å². The third-order valence-corrected chi connectivity index (χ3v) is 5.84. The van der Waals surface area contributed by atoms with Crippen LogP contribution in [0, 0.1) is 11.3 Å². The van der Waals surface area contributed by atoms with E-state index in [2.05, 4.69) is 23.1 Å². The lowest BCUT2D eigenvalue weighted by molar-refractivity contribution is 0.579. The molecule has 1 aliphatic rings. The SMILES string of the molecule is N#Cc1c(-c2ccccc2)c2c(N3CCCCC3)cc(N)nc2c2ccccc12. The number of nitrogens with two attached hydrogens (primary N) is 1. The van der Waals surface area contributed by atoms with E-state index in [0.29, 0.717) is 11.4 Å². The Morgan fingerprint density at radius 2 is 1.59 bits per heavy atom. The van der Waals surface area contributed by atoms with E-state index in [-0.39, 0.29) is 0 Å². The lowest BCUT2D eigenvalue weighted by Crippen LogP contribution is -2.29. The van der Waals surface area contributed by atoms with Crippen molar-refractivity contribution in [2.24, 2.45) is 0 Å². The molecule has 1 fully saturated rings. The number of nitrogens with zero attached hydrogens (tertiary/aromatic N) is 3. The number of rotatable bonds is 2. The molecular formula is C25H22N4. The van der Waals surface area contributed by atoms with Crippen molar-refractivity contribution in [1.82, 2.24) is 4.98 Å². The summed E-state index contributed by atoms with van der Waals surface area (Å²) in [6.45, 7) is 2.00. The van der Waals surface area contributed by atoms with Gasteiger partial charge in [-0.25, -0.2) is 4.98 Å². The zero-order chi connectivity index (χ0) is 19.8. The van der Waals surface area contributed by atoms with E-state index in [1.807, 2.05) is 48.5 Å². The number of hydrogen-bond acceptors (Lipinski definition) is 4. The fourth-order valence-corrected chi connectivity index (χ4v) is 4.55. The van der Waals surface area contributed by atoms with E-state index >= 15 is 0 Å². The number of benzene rings is 3. The summed E-state index contributed by atoms with van der Waals surface area (Å²) >= 11 is 0. The number of nitrogen functional groups attached to an aromatic ring is 1. The summed E-state index contributed by atoms with van der Waals surface area (Å²) < 4.78 is 0. The zero-order valence-corrected chi connectivity index (χ0v) is 16.2. The molecule has 5 rings (SSSR count). The summed E-state index contributed by atoms with van der Waals surface area (Å²) in [6, 6.07) is 22.7. The molecular weight excluding hydrogens is 356 g/mol. The number of piperidine rings is 1. The van der Waals surface area contributed by atoms with E-state index in [1.165, 1.54) is 19.3 Å². The summed E-state index contributed by atoms with van der Waals surface area (Å²) in [5.74, 6) is 0.520. The van der Waals surface area contributed by atoms with Crippen molar-refractivity contribution >= 4 is 33.2 Å². The van der Waals surface area contributed by atoms with E-state index in [9.17, 15) is 5.26 Å². The molecule has 1 saturated heterocycles. The van der Waals surface area contributed by atoms with Crippen molar-refractivity contribution in [2.45, 2.75) is 19.3 Å². The molecule has 4 nitrogen and oxygen atoms in total. The summed E-state index contributed by atoms with van der Waals surface area (Å²) in [7, 11) is 0. The highest BCUT2D eigenvalue weighted by molar-refractivity contribution is 6.19. The van der Waals surface area contributed by atoms with Crippen molar-refractivity contribution < 1.29 is 0 Å². The summed E-state index contributed by atoms with van der Waals surface area (Å²) in [5, 5.41) is 13.1. The third kappa shape index (κ3) is 2.87. The van der Waals surface area contributed by atoms with Crippen LogP contribution in [0.15, 0.2) is 60.7 Å². The van der Waals surface area contributed by atoms with Crippen LogP contribution in [0.25, 0.3) is 32.8 Å². The molecule has 0 radical (unpaired) electrons. The van der Waals surface area contributed by atoms with Gasteiger partial charge in [0, 0.05) is 40.9 Å². The second kappa shape index (κ2) is 7.10. The van der Waals surface area contributed by atoms with Crippen LogP contribution in [0.1, 0.15) is 24.8 Å². The highest BCUT2D eigenvalue weighted by Crippen LogP contribution is 2.43. The van der Waals surface area contributed by atoms with Gasteiger partial charge in [0.25, 0.3) is 0 Å². The van der Waals surface area contributed by atoms with Gasteiger partial charge in [-0.1, -0.05) is 54.6 Å². The number of hydrogen-bond donors (Lipinski definition) is 1. The van der Waals surface area contributed by atoms with Crippen LogP contribution >= 0.6 is 0 Å².